The average Bonchev–Trinajstić information content (AvgIpc) is 2.77. The maximum Gasteiger partial charge on any atom is 0.335 e. The Kier molecular flexibility index (Phi) is 6.52. The third-order valence-electron chi connectivity index (χ3n) is 5.39. The Balaban J connectivity index is 1.52. The summed E-state index contributed by atoms with van der Waals surface area (Å²) < 4.78 is 5.87. The third kappa shape index (κ3) is 5.02. The van der Waals surface area contributed by atoms with Gasteiger partial charge in [0.2, 0.25) is 0 Å². The number of anilines is 1. The van der Waals surface area contributed by atoms with Crippen LogP contribution in [-0.4, -0.2) is 17.8 Å². The molecule has 1 saturated heterocycles. The van der Waals surface area contributed by atoms with Crippen molar-refractivity contribution in [2.75, 3.05) is 4.90 Å². The van der Waals surface area contributed by atoms with E-state index in [9.17, 15) is 14.4 Å². The normalized spacial score (nSPS) is 15.0. The van der Waals surface area contributed by atoms with Crippen LogP contribution in [0.2, 0.25) is 5.02 Å². The first-order chi connectivity index (χ1) is 16.2. The molecule has 4 rings (SSSR count). The zero-order valence-electron chi connectivity index (χ0n) is 19.0. The van der Waals surface area contributed by atoms with Gasteiger partial charge in [0.1, 0.15) is 17.9 Å². The van der Waals surface area contributed by atoms with E-state index in [0.29, 0.717) is 22.9 Å². The summed E-state index contributed by atoms with van der Waals surface area (Å²) in [5.74, 6) is -0.810. The third-order valence-corrected chi connectivity index (χ3v) is 5.80. The largest absolute Gasteiger partial charge is 0.489 e. The molecule has 1 aliphatic rings. The lowest BCUT2D eigenvalue weighted by atomic mass is 10.1. The second-order valence-corrected chi connectivity index (χ2v) is 8.65. The number of benzene rings is 3. The summed E-state index contributed by atoms with van der Waals surface area (Å²) in [7, 11) is 0. The lowest BCUT2D eigenvalue weighted by Crippen LogP contribution is -2.54. The lowest BCUT2D eigenvalue weighted by Gasteiger charge is -2.26. The Bertz CT molecular complexity index is 1310. The van der Waals surface area contributed by atoms with Gasteiger partial charge in [0.05, 0.1) is 5.69 Å². The number of hydrogen-bond acceptors (Lipinski definition) is 4. The van der Waals surface area contributed by atoms with Crippen molar-refractivity contribution in [3.63, 3.8) is 0 Å². The van der Waals surface area contributed by atoms with Crippen molar-refractivity contribution in [1.29, 1.82) is 0 Å². The molecule has 6 nitrogen and oxygen atoms in total. The molecule has 172 valence electrons. The highest BCUT2D eigenvalue weighted by atomic mass is 35.5. The first-order valence-electron chi connectivity index (χ1n) is 10.7. The van der Waals surface area contributed by atoms with Gasteiger partial charge in [-0.25, -0.2) is 9.69 Å². The molecule has 1 heterocycles. The Labute approximate surface area is 202 Å². The molecule has 0 unspecified atom stereocenters. The molecule has 0 spiro atoms. The monoisotopic (exact) mass is 474 g/mol. The topological polar surface area (TPSA) is 75.7 Å². The van der Waals surface area contributed by atoms with Crippen molar-refractivity contribution in [2.45, 2.75) is 27.4 Å². The number of carbonyl (C=O) groups excluding carboxylic acids is 3. The SMILES string of the molecule is Cc1cc(C)cc(COc2ccc(/C=C3\C(=O)NC(=O)N(c4ccc(C)c(Cl)c4)C3=O)cc2)c1. The number of imide groups is 2. The molecule has 0 aliphatic carbocycles. The molecule has 0 radical (unpaired) electrons. The van der Waals surface area contributed by atoms with Crippen molar-refractivity contribution < 1.29 is 19.1 Å². The summed E-state index contributed by atoms with van der Waals surface area (Å²) in [4.78, 5) is 38.7. The van der Waals surface area contributed by atoms with Gasteiger partial charge in [-0.3, -0.25) is 14.9 Å². The molecule has 0 atom stereocenters. The quantitative estimate of drug-likeness (QED) is 0.390. The number of halogens is 1. The van der Waals surface area contributed by atoms with Gasteiger partial charge in [0, 0.05) is 5.02 Å². The molecule has 7 heteroatoms. The van der Waals surface area contributed by atoms with Crippen molar-refractivity contribution in [3.05, 3.63) is 99.1 Å². The summed E-state index contributed by atoms with van der Waals surface area (Å²) >= 11 is 6.16. The Morgan fingerprint density at radius 3 is 2.24 bits per heavy atom. The fraction of sp³-hybridized carbons (Fsp3) is 0.148. The Morgan fingerprint density at radius 1 is 0.912 bits per heavy atom. The van der Waals surface area contributed by atoms with E-state index in [1.165, 1.54) is 23.3 Å². The molecular formula is C27H23ClN2O4. The highest BCUT2D eigenvalue weighted by Crippen LogP contribution is 2.27. The molecule has 0 saturated carbocycles. The molecule has 34 heavy (non-hydrogen) atoms. The van der Waals surface area contributed by atoms with E-state index in [-0.39, 0.29) is 11.3 Å². The summed E-state index contributed by atoms with van der Waals surface area (Å²) in [6.07, 6.45) is 1.45. The fourth-order valence-corrected chi connectivity index (χ4v) is 3.93. The van der Waals surface area contributed by atoms with Crippen LogP contribution >= 0.6 is 11.6 Å². The standard InChI is InChI=1S/C27H23ClN2O4/c1-16-10-17(2)12-20(11-16)15-34-22-8-5-19(6-9-22)13-23-25(31)29-27(33)30(26(23)32)21-7-4-18(3)24(28)14-21/h4-14H,15H2,1-3H3,(H,29,31,33)/b23-13+. The number of barbiturate groups is 1. The van der Waals surface area contributed by atoms with Crippen LogP contribution in [0.3, 0.4) is 0 Å². The first-order valence-corrected chi connectivity index (χ1v) is 11.1. The van der Waals surface area contributed by atoms with E-state index in [1.54, 1.807) is 36.4 Å². The van der Waals surface area contributed by atoms with Crippen molar-refractivity contribution >= 4 is 41.2 Å². The second kappa shape index (κ2) is 9.53. The Hall–Kier alpha value is -3.90. The molecule has 3 aromatic carbocycles. The first kappa shape index (κ1) is 23.3. The van der Waals surface area contributed by atoms with Gasteiger partial charge >= 0.3 is 6.03 Å². The average molecular weight is 475 g/mol. The van der Waals surface area contributed by atoms with Crippen LogP contribution in [0.5, 0.6) is 5.75 Å². The highest BCUT2D eigenvalue weighted by molar-refractivity contribution is 6.39. The van der Waals surface area contributed by atoms with Crippen LogP contribution in [0.25, 0.3) is 6.08 Å². The number of aryl methyl sites for hydroxylation is 3. The van der Waals surface area contributed by atoms with E-state index in [0.717, 1.165) is 16.0 Å². The summed E-state index contributed by atoms with van der Waals surface area (Å²) in [6, 6.07) is 17.3. The van der Waals surface area contributed by atoms with Crippen molar-refractivity contribution in [2.24, 2.45) is 0 Å². The minimum absolute atomic E-state index is 0.153. The fourth-order valence-electron chi connectivity index (χ4n) is 3.76. The number of ether oxygens (including phenoxy) is 1. The molecule has 4 amide bonds. The minimum Gasteiger partial charge on any atom is -0.489 e. The zero-order chi connectivity index (χ0) is 24.4. The summed E-state index contributed by atoms with van der Waals surface area (Å²) in [5.41, 5.74) is 4.99. The lowest BCUT2D eigenvalue weighted by molar-refractivity contribution is -0.122. The van der Waals surface area contributed by atoms with E-state index >= 15 is 0 Å². The number of hydrogen-bond donors (Lipinski definition) is 1. The van der Waals surface area contributed by atoms with Crippen LogP contribution in [0.4, 0.5) is 10.5 Å². The summed E-state index contributed by atoms with van der Waals surface area (Å²) in [6.45, 7) is 6.33. The van der Waals surface area contributed by atoms with Crippen LogP contribution in [0, 0.1) is 20.8 Å². The minimum atomic E-state index is -0.817. The van der Waals surface area contributed by atoms with Gasteiger partial charge in [-0.05, 0) is 67.8 Å². The van der Waals surface area contributed by atoms with Crippen LogP contribution in [0.1, 0.15) is 27.8 Å². The maximum atomic E-state index is 13.0. The maximum absolute atomic E-state index is 13.0. The molecule has 1 fully saturated rings. The Morgan fingerprint density at radius 2 is 1.59 bits per heavy atom. The molecule has 1 aliphatic heterocycles. The predicted octanol–water partition coefficient (Wildman–Crippen LogP) is 5.51. The number of nitrogens with zero attached hydrogens (tertiary/aromatic N) is 1. The van der Waals surface area contributed by atoms with Gasteiger partial charge in [-0.2, -0.15) is 0 Å². The van der Waals surface area contributed by atoms with E-state index in [1.807, 2.05) is 20.8 Å². The number of nitrogens with one attached hydrogen (secondary N) is 1. The van der Waals surface area contributed by atoms with Crippen molar-refractivity contribution in [3.8, 4) is 5.75 Å². The van der Waals surface area contributed by atoms with Crippen LogP contribution < -0.4 is 15.0 Å². The van der Waals surface area contributed by atoms with Gasteiger partial charge < -0.3 is 4.74 Å². The van der Waals surface area contributed by atoms with E-state index in [4.69, 9.17) is 16.3 Å². The number of rotatable bonds is 5. The molecule has 0 bridgehead atoms. The number of carbonyl (C=O) groups is 3. The molecular weight excluding hydrogens is 452 g/mol. The van der Waals surface area contributed by atoms with Gasteiger partial charge in [-0.1, -0.05) is 59.1 Å². The van der Waals surface area contributed by atoms with Crippen LogP contribution in [-0.2, 0) is 16.2 Å². The molecule has 3 aromatic rings. The summed E-state index contributed by atoms with van der Waals surface area (Å²) in [5, 5.41) is 2.63. The van der Waals surface area contributed by atoms with Gasteiger partial charge in [-0.15, -0.1) is 0 Å². The van der Waals surface area contributed by atoms with E-state index in [2.05, 4.69) is 23.5 Å². The number of amides is 4. The van der Waals surface area contributed by atoms with Gasteiger partial charge in [0.15, 0.2) is 0 Å². The van der Waals surface area contributed by atoms with Crippen molar-refractivity contribution in [1.82, 2.24) is 5.32 Å². The van der Waals surface area contributed by atoms with E-state index < -0.39 is 17.8 Å². The smallest absolute Gasteiger partial charge is 0.335 e. The molecule has 1 N–H and O–H groups in total. The van der Waals surface area contributed by atoms with Gasteiger partial charge in [0.25, 0.3) is 11.8 Å². The van der Waals surface area contributed by atoms with Crippen LogP contribution in [0.15, 0.2) is 66.2 Å². The predicted molar refractivity (Wildman–Crippen MR) is 132 cm³/mol. The number of urea groups is 1. The highest BCUT2D eigenvalue weighted by Gasteiger charge is 2.36. The second-order valence-electron chi connectivity index (χ2n) is 8.25. The molecule has 0 aromatic heterocycles. The zero-order valence-corrected chi connectivity index (χ0v) is 19.8.